The average molecular weight is 382 g/mol. The van der Waals surface area contributed by atoms with Gasteiger partial charge >= 0.3 is 5.91 Å². The highest BCUT2D eigenvalue weighted by Crippen LogP contribution is 2.20. The van der Waals surface area contributed by atoms with E-state index in [1.165, 1.54) is 4.68 Å². The largest absolute Gasteiger partial charge is 0.303 e. The summed E-state index contributed by atoms with van der Waals surface area (Å²) in [6, 6.07) is 9.30. The number of aromatic nitrogens is 2. The molecule has 1 aromatic heterocycles. The van der Waals surface area contributed by atoms with E-state index >= 15 is 0 Å². The molecule has 2 aromatic rings. The van der Waals surface area contributed by atoms with Crippen molar-refractivity contribution in [1.82, 2.24) is 9.78 Å². The molecule has 1 saturated heterocycles. The van der Waals surface area contributed by atoms with Gasteiger partial charge in [-0.05, 0) is 47.8 Å². The topological polar surface area (TPSA) is 64.3 Å². The second-order valence-electron chi connectivity index (χ2n) is 5.38. The molecule has 1 aliphatic heterocycles. The number of amides is 1. The lowest BCUT2D eigenvalue weighted by molar-refractivity contribution is 0.0997. The van der Waals surface area contributed by atoms with E-state index in [0.29, 0.717) is 21.8 Å². The maximum atomic E-state index is 12.5. The van der Waals surface area contributed by atoms with Gasteiger partial charge in [-0.15, -0.1) is 0 Å². The summed E-state index contributed by atoms with van der Waals surface area (Å²) in [6.07, 6.45) is 1.74. The number of halogens is 1. The Hall–Kier alpha value is -1.47. The van der Waals surface area contributed by atoms with Crippen LogP contribution in [0.5, 0.6) is 0 Å². The van der Waals surface area contributed by atoms with Gasteiger partial charge < -0.3 is 0 Å². The number of carbonyl (C=O) groups excluding carboxylic acids is 1. The number of hydrogen-bond acceptors (Lipinski definition) is 3. The molecule has 22 heavy (non-hydrogen) atoms. The van der Waals surface area contributed by atoms with Crippen LogP contribution in [0.4, 0.5) is 0 Å². The third-order valence-electron chi connectivity index (χ3n) is 3.60. The summed E-state index contributed by atoms with van der Waals surface area (Å²) < 4.78 is 18.5. The second kappa shape index (κ2) is 5.96. The van der Waals surface area contributed by atoms with Crippen molar-refractivity contribution in [2.45, 2.75) is 19.8 Å². The van der Waals surface area contributed by atoms with Gasteiger partial charge in [0, 0.05) is 17.6 Å². The molecule has 7 heteroatoms. The quantitative estimate of drug-likeness (QED) is 0.800. The molecule has 2 heterocycles. The fourth-order valence-electron chi connectivity index (χ4n) is 2.43. The maximum Gasteiger partial charge on any atom is 0.303 e. The van der Waals surface area contributed by atoms with Crippen LogP contribution in [0.2, 0.25) is 0 Å². The lowest BCUT2D eigenvalue weighted by Gasteiger charge is -2.06. The third-order valence-corrected chi connectivity index (χ3v) is 6.34. The van der Waals surface area contributed by atoms with Gasteiger partial charge in [0.15, 0.2) is 0 Å². The van der Waals surface area contributed by atoms with Crippen molar-refractivity contribution in [3.05, 3.63) is 46.2 Å². The Morgan fingerprint density at radius 1 is 1.27 bits per heavy atom. The predicted octanol–water partition coefficient (Wildman–Crippen LogP) is 3.35. The van der Waals surface area contributed by atoms with E-state index in [2.05, 4.69) is 25.4 Å². The van der Waals surface area contributed by atoms with Gasteiger partial charge in [0.1, 0.15) is 10.3 Å². The van der Waals surface area contributed by atoms with Gasteiger partial charge in [-0.3, -0.25) is 4.79 Å². The fraction of sp³-hybridized carbons (Fsp3) is 0.333. The average Bonchev–Trinajstić information content (AvgIpc) is 3.06. The van der Waals surface area contributed by atoms with Gasteiger partial charge in [-0.25, -0.2) is 8.89 Å². The van der Waals surface area contributed by atoms with Crippen LogP contribution in [-0.2, 0) is 9.73 Å². The number of aryl methyl sites for hydroxylation is 1. The van der Waals surface area contributed by atoms with E-state index < -0.39 is 15.6 Å². The molecule has 0 atom stereocenters. The highest BCUT2D eigenvalue weighted by Gasteiger charge is 2.21. The lowest BCUT2D eigenvalue weighted by atomic mass is 10.2. The van der Waals surface area contributed by atoms with Gasteiger partial charge in [0.05, 0.1) is 15.4 Å². The number of rotatable bonds is 2. The molecule has 0 aliphatic carbocycles. The minimum absolute atomic E-state index is 0.324. The molecule has 0 N–H and O–H groups in total. The van der Waals surface area contributed by atoms with E-state index in [4.69, 9.17) is 0 Å². The molecule has 0 radical (unpaired) electrons. The Morgan fingerprint density at radius 3 is 2.55 bits per heavy atom. The van der Waals surface area contributed by atoms with Crippen molar-refractivity contribution in [2.75, 3.05) is 11.5 Å². The summed E-state index contributed by atoms with van der Waals surface area (Å²) in [7, 11) is -2.38. The highest BCUT2D eigenvalue weighted by atomic mass is 79.9. The van der Waals surface area contributed by atoms with Crippen LogP contribution in [0.15, 0.2) is 39.3 Å². The lowest BCUT2D eigenvalue weighted by Crippen LogP contribution is -2.11. The maximum absolute atomic E-state index is 12.5. The summed E-state index contributed by atoms with van der Waals surface area (Å²) >= 11 is 3.29. The van der Waals surface area contributed by atoms with Crippen LogP contribution in [0.1, 0.15) is 28.9 Å². The molecule has 1 fully saturated rings. The molecule has 1 amide bonds. The first-order valence-corrected chi connectivity index (χ1v) is 9.71. The van der Waals surface area contributed by atoms with Crippen LogP contribution in [0, 0.1) is 6.92 Å². The number of carbonyl (C=O) groups is 1. The summed E-state index contributed by atoms with van der Waals surface area (Å²) in [6.45, 7) is 1.99. The SMILES string of the molecule is Cc1ccc(-n2nc(Br)cc2C(=O)N=S2(=O)CCCC2)cc1. The molecule has 0 saturated carbocycles. The first-order valence-electron chi connectivity index (χ1n) is 7.06. The van der Waals surface area contributed by atoms with Crippen LogP contribution in [0.3, 0.4) is 0 Å². The molecule has 3 rings (SSSR count). The van der Waals surface area contributed by atoms with Gasteiger partial charge in [-0.2, -0.15) is 9.46 Å². The molecule has 0 spiro atoms. The van der Waals surface area contributed by atoms with Crippen molar-refractivity contribution in [3.8, 4) is 5.69 Å². The Labute approximate surface area is 138 Å². The smallest absolute Gasteiger partial charge is 0.264 e. The van der Waals surface area contributed by atoms with Gasteiger partial charge in [0.25, 0.3) is 0 Å². The molecule has 5 nitrogen and oxygen atoms in total. The van der Waals surface area contributed by atoms with Gasteiger partial charge in [-0.1, -0.05) is 17.7 Å². The standard InChI is InChI=1S/C15H16BrN3O2S/c1-11-4-6-12(7-5-11)19-13(10-14(16)17-19)15(20)18-22(21)8-2-3-9-22/h4-7,10H,2-3,8-9H2,1H3. The molecule has 1 aliphatic rings. The van der Waals surface area contributed by atoms with Crippen molar-refractivity contribution in [3.63, 3.8) is 0 Å². The molecule has 1 aromatic carbocycles. The predicted molar refractivity (Wildman–Crippen MR) is 89.9 cm³/mol. The number of benzene rings is 1. The zero-order valence-corrected chi connectivity index (χ0v) is 14.6. The van der Waals surface area contributed by atoms with Crippen molar-refractivity contribution < 1.29 is 9.00 Å². The first kappa shape index (κ1) is 15.4. The van der Waals surface area contributed by atoms with Crippen LogP contribution < -0.4 is 0 Å². The van der Waals surface area contributed by atoms with E-state index in [9.17, 15) is 9.00 Å². The normalized spacial score (nSPS) is 16.6. The van der Waals surface area contributed by atoms with Crippen LogP contribution in [0.25, 0.3) is 5.69 Å². The first-order chi connectivity index (χ1) is 10.5. The van der Waals surface area contributed by atoms with E-state index in [0.717, 1.165) is 24.1 Å². The Bertz CT molecular complexity index is 821. The number of nitrogens with zero attached hydrogens (tertiary/aromatic N) is 3. The Kier molecular flexibility index (Phi) is 4.18. The molecule has 0 bridgehead atoms. The van der Waals surface area contributed by atoms with E-state index in [1.54, 1.807) is 6.07 Å². The third kappa shape index (κ3) is 3.15. The summed E-state index contributed by atoms with van der Waals surface area (Å²) in [5.41, 5.74) is 2.23. The van der Waals surface area contributed by atoms with Crippen molar-refractivity contribution in [1.29, 1.82) is 0 Å². The minimum Gasteiger partial charge on any atom is -0.264 e. The van der Waals surface area contributed by atoms with E-state index in [-0.39, 0.29) is 0 Å². The fourth-order valence-corrected chi connectivity index (χ4v) is 4.90. The minimum atomic E-state index is -2.38. The highest BCUT2D eigenvalue weighted by molar-refractivity contribution is 9.10. The second-order valence-corrected chi connectivity index (χ2v) is 8.74. The van der Waals surface area contributed by atoms with Crippen LogP contribution in [-0.4, -0.2) is 31.4 Å². The van der Waals surface area contributed by atoms with E-state index in [1.807, 2.05) is 31.2 Å². The van der Waals surface area contributed by atoms with Crippen molar-refractivity contribution >= 4 is 31.6 Å². The molecular formula is C15H16BrN3O2S. The monoisotopic (exact) mass is 381 g/mol. The Balaban J connectivity index is 2.03. The summed E-state index contributed by atoms with van der Waals surface area (Å²) in [5.74, 6) is 0.558. The number of hydrogen-bond donors (Lipinski definition) is 0. The summed E-state index contributed by atoms with van der Waals surface area (Å²) in [4.78, 5) is 12.5. The zero-order chi connectivity index (χ0) is 15.7. The van der Waals surface area contributed by atoms with Crippen molar-refractivity contribution in [2.24, 2.45) is 4.36 Å². The molecular weight excluding hydrogens is 366 g/mol. The molecule has 0 unspecified atom stereocenters. The van der Waals surface area contributed by atoms with Crippen LogP contribution >= 0.6 is 15.9 Å². The van der Waals surface area contributed by atoms with Gasteiger partial charge in [0.2, 0.25) is 0 Å². The Morgan fingerprint density at radius 2 is 1.91 bits per heavy atom. The molecule has 116 valence electrons. The summed E-state index contributed by atoms with van der Waals surface area (Å²) in [5, 5.41) is 4.29. The zero-order valence-electron chi connectivity index (χ0n) is 12.2.